The summed E-state index contributed by atoms with van der Waals surface area (Å²) >= 11 is 0. The predicted octanol–water partition coefficient (Wildman–Crippen LogP) is 3.50. The number of aromatic nitrogens is 4. The Balaban J connectivity index is 1.22. The maximum Gasteiger partial charge on any atom is 0.268 e. The van der Waals surface area contributed by atoms with Crippen LogP contribution < -0.4 is 15.5 Å². The van der Waals surface area contributed by atoms with E-state index in [9.17, 15) is 4.79 Å². The van der Waals surface area contributed by atoms with Gasteiger partial charge in [0, 0.05) is 37.3 Å². The van der Waals surface area contributed by atoms with Gasteiger partial charge in [-0.25, -0.2) is 9.97 Å². The summed E-state index contributed by atoms with van der Waals surface area (Å²) in [5.41, 5.74) is 2.59. The number of hydrogen-bond acceptors (Lipinski definition) is 7. The van der Waals surface area contributed by atoms with E-state index in [2.05, 4.69) is 54.9 Å². The first kappa shape index (κ1) is 22.3. The minimum Gasteiger partial charge on any atom is -0.369 e. The summed E-state index contributed by atoms with van der Waals surface area (Å²) in [5.74, 6) is 1.18. The Labute approximate surface area is 205 Å². The van der Waals surface area contributed by atoms with E-state index in [1.165, 1.54) is 19.3 Å². The number of fused-ring (bicyclic) bond motifs is 4. The molecule has 6 rings (SSSR count). The summed E-state index contributed by atoms with van der Waals surface area (Å²) in [6, 6.07) is 6.64. The number of nitrogens with one attached hydrogen (secondary N) is 2. The van der Waals surface area contributed by atoms with E-state index < -0.39 is 0 Å². The molecule has 3 aromatic rings. The largest absolute Gasteiger partial charge is 0.369 e. The lowest BCUT2D eigenvalue weighted by Gasteiger charge is -2.37. The molecule has 2 aliphatic heterocycles. The van der Waals surface area contributed by atoms with Gasteiger partial charge in [-0.1, -0.05) is 26.7 Å². The van der Waals surface area contributed by atoms with E-state index in [0.717, 1.165) is 55.7 Å². The van der Waals surface area contributed by atoms with Crippen LogP contribution >= 0.6 is 0 Å². The quantitative estimate of drug-likeness (QED) is 0.565. The lowest BCUT2D eigenvalue weighted by Crippen LogP contribution is -2.50. The molecule has 5 heterocycles. The van der Waals surface area contributed by atoms with Crippen LogP contribution in [0.15, 0.2) is 30.6 Å². The highest BCUT2D eigenvalue weighted by molar-refractivity contribution is 5.99. The van der Waals surface area contributed by atoms with E-state index in [0.29, 0.717) is 30.0 Å². The smallest absolute Gasteiger partial charge is 0.268 e. The highest BCUT2D eigenvalue weighted by Gasteiger charge is 2.42. The van der Waals surface area contributed by atoms with Crippen molar-refractivity contribution in [3.8, 4) is 0 Å². The van der Waals surface area contributed by atoms with Crippen LogP contribution in [-0.2, 0) is 5.54 Å². The molecule has 0 bridgehead atoms. The SMILES string of the molecule is CCN(CC)C1CCN(c2ccc(Nc3ncc4cc5n(c4n3)C3(CCCC3)CNC5=O)nc2)C1. The third kappa shape index (κ3) is 3.82. The summed E-state index contributed by atoms with van der Waals surface area (Å²) in [6.45, 7) is 9.44. The Morgan fingerprint density at radius 3 is 2.74 bits per heavy atom. The van der Waals surface area contributed by atoms with E-state index in [-0.39, 0.29) is 11.4 Å². The van der Waals surface area contributed by atoms with Gasteiger partial charge in [0.25, 0.3) is 5.91 Å². The van der Waals surface area contributed by atoms with Gasteiger partial charge in [0.15, 0.2) is 0 Å². The van der Waals surface area contributed by atoms with Crippen molar-refractivity contribution in [3.05, 3.63) is 36.3 Å². The van der Waals surface area contributed by atoms with Gasteiger partial charge in [-0.15, -0.1) is 0 Å². The van der Waals surface area contributed by atoms with Crippen LogP contribution in [0.25, 0.3) is 11.0 Å². The van der Waals surface area contributed by atoms with Crippen LogP contribution in [0, 0.1) is 0 Å². The fourth-order valence-electron chi connectivity index (χ4n) is 6.32. The minimum atomic E-state index is -0.0742. The van der Waals surface area contributed by atoms with Crippen LogP contribution in [-0.4, -0.2) is 69.1 Å². The molecular formula is C26H34N8O. The highest BCUT2D eigenvalue weighted by atomic mass is 16.2. The van der Waals surface area contributed by atoms with Gasteiger partial charge in [-0.3, -0.25) is 9.69 Å². The molecule has 1 amide bonds. The lowest BCUT2D eigenvalue weighted by atomic mass is 9.94. The molecule has 1 aliphatic carbocycles. The third-order valence-electron chi connectivity index (χ3n) is 8.21. The second-order valence-electron chi connectivity index (χ2n) is 10.1. The average molecular weight is 475 g/mol. The maximum absolute atomic E-state index is 12.6. The summed E-state index contributed by atoms with van der Waals surface area (Å²) in [7, 11) is 0. The predicted molar refractivity (Wildman–Crippen MR) is 137 cm³/mol. The molecule has 1 saturated carbocycles. The van der Waals surface area contributed by atoms with Crippen LogP contribution in [0.1, 0.15) is 56.4 Å². The summed E-state index contributed by atoms with van der Waals surface area (Å²) in [6.07, 6.45) is 9.40. The van der Waals surface area contributed by atoms with Gasteiger partial charge in [0.05, 0.1) is 17.4 Å². The van der Waals surface area contributed by atoms with E-state index in [1.54, 1.807) is 6.20 Å². The van der Waals surface area contributed by atoms with Crippen LogP contribution in [0.5, 0.6) is 0 Å². The summed E-state index contributed by atoms with van der Waals surface area (Å²) in [5, 5.41) is 7.26. The molecule has 2 N–H and O–H groups in total. The van der Waals surface area contributed by atoms with E-state index >= 15 is 0 Å². The molecule has 184 valence electrons. The zero-order chi connectivity index (χ0) is 24.0. The number of pyridine rings is 1. The molecule has 1 atom stereocenters. The van der Waals surface area contributed by atoms with Crippen molar-refractivity contribution in [1.29, 1.82) is 0 Å². The molecule has 2 fully saturated rings. The number of amides is 1. The molecule has 0 aromatic carbocycles. The van der Waals surface area contributed by atoms with Gasteiger partial charge in [-0.2, -0.15) is 4.98 Å². The Hall–Kier alpha value is -3.20. The van der Waals surface area contributed by atoms with E-state index in [4.69, 9.17) is 4.98 Å². The maximum atomic E-state index is 12.6. The number of nitrogens with zero attached hydrogens (tertiary/aromatic N) is 6. The van der Waals surface area contributed by atoms with Crippen molar-refractivity contribution in [3.63, 3.8) is 0 Å². The Morgan fingerprint density at radius 2 is 2.00 bits per heavy atom. The van der Waals surface area contributed by atoms with Gasteiger partial charge in [-0.05, 0) is 50.6 Å². The van der Waals surface area contributed by atoms with Gasteiger partial charge >= 0.3 is 0 Å². The van der Waals surface area contributed by atoms with Crippen molar-refractivity contribution in [2.75, 3.05) is 42.9 Å². The molecule has 3 aliphatic rings. The minimum absolute atomic E-state index is 0.0302. The number of carbonyl (C=O) groups excluding carboxylic acids is 1. The standard InChI is InChI=1S/C26H34N8O/c1-3-32(4-2)20-9-12-33(16-20)19-7-8-22(27-15-19)30-25-28-14-18-13-21-24(35)29-17-26(10-5-6-11-26)34(21)23(18)31-25/h7-8,13-15,20H,3-6,9-12,16-17H2,1-2H3,(H,29,35)(H,27,28,30,31). The third-order valence-corrected chi connectivity index (χ3v) is 8.21. The Morgan fingerprint density at radius 1 is 1.17 bits per heavy atom. The lowest BCUT2D eigenvalue weighted by molar-refractivity contribution is 0.0876. The van der Waals surface area contributed by atoms with Crippen molar-refractivity contribution >= 4 is 34.4 Å². The average Bonchev–Trinajstić information content (AvgIpc) is 3.63. The second-order valence-corrected chi connectivity index (χ2v) is 10.1. The Bertz CT molecular complexity index is 1230. The number of anilines is 3. The van der Waals surface area contributed by atoms with Crippen molar-refractivity contribution in [2.24, 2.45) is 0 Å². The number of rotatable bonds is 6. The van der Waals surface area contributed by atoms with Crippen molar-refractivity contribution < 1.29 is 4.79 Å². The fraction of sp³-hybridized carbons (Fsp3) is 0.538. The molecule has 1 spiro atoms. The molecule has 9 heteroatoms. The van der Waals surface area contributed by atoms with E-state index in [1.807, 2.05) is 18.3 Å². The molecular weight excluding hydrogens is 440 g/mol. The fourth-order valence-corrected chi connectivity index (χ4v) is 6.32. The van der Waals surface area contributed by atoms with Gasteiger partial charge in [0.2, 0.25) is 5.95 Å². The van der Waals surface area contributed by atoms with Gasteiger partial charge in [0.1, 0.15) is 17.2 Å². The summed E-state index contributed by atoms with van der Waals surface area (Å²) < 4.78 is 2.18. The molecule has 9 nitrogen and oxygen atoms in total. The summed E-state index contributed by atoms with van der Waals surface area (Å²) in [4.78, 5) is 31.6. The first-order chi connectivity index (χ1) is 17.1. The van der Waals surface area contributed by atoms with Crippen LogP contribution in [0.4, 0.5) is 17.5 Å². The first-order valence-electron chi connectivity index (χ1n) is 13.0. The van der Waals surface area contributed by atoms with Crippen molar-refractivity contribution in [2.45, 2.75) is 57.5 Å². The highest BCUT2D eigenvalue weighted by Crippen LogP contribution is 2.41. The monoisotopic (exact) mass is 474 g/mol. The number of carbonyl (C=O) groups is 1. The number of hydrogen-bond donors (Lipinski definition) is 2. The van der Waals surface area contributed by atoms with Crippen molar-refractivity contribution in [1.82, 2.24) is 29.7 Å². The van der Waals surface area contributed by atoms with Crippen LogP contribution in [0.3, 0.4) is 0 Å². The Kier molecular flexibility index (Phi) is 5.59. The second kappa shape index (κ2) is 8.78. The number of likely N-dealkylation sites (N-methyl/N-ethyl adjacent to an activating group) is 1. The molecule has 1 unspecified atom stereocenters. The molecule has 35 heavy (non-hydrogen) atoms. The normalized spacial score (nSPS) is 21.2. The molecule has 0 radical (unpaired) electrons. The van der Waals surface area contributed by atoms with Crippen LogP contribution in [0.2, 0.25) is 0 Å². The first-order valence-corrected chi connectivity index (χ1v) is 13.0. The molecule has 3 aromatic heterocycles. The topological polar surface area (TPSA) is 91.2 Å². The zero-order valence-electron chi connectivity index (χ0n) is 20.6. The molecule has 1 saturated heterocycles. The van der Waals surface area contributed by atoms with Gasteiger partial charge < -0.3 is 20.1 Å². The zero-order valence-corrected chi connectivity index (χ0v) is 20.6.